The number of nitrogens with one attached hydrogen (secondary N) is 1. The number of primary amides is 1. The summed E-state index contributed by atoms with van der Waals surface area (Å²) in [5, 5.41) is 2.99. The van der Waals surface area contributed by atoms with Crippen LogP contribution in [0.15, 0.2) is 18.2 Å². The quantitative estimate of drug-likeness (QED) is 0.765. The monoisotopic (exact) mass is 421 g/mol. The summed E-state index contributed by atoms with van der Waals surface area (Å²) < 4.78 is 39.3. The van der Waals surface area contributed by atoms with Crippen LogP contribution in [0.3, 0.4) is 0 Å². The topological polar surface area (TPSA) is 112 Å². The Balaban J connectivity index is 1.74. The number of halogens is 2. The second-order valence-electron chi connectivity index (χ2n) is 7.17. The molecule has 160 valence electrons. The molecule has 11 heteroatoms. The summed E-state index contributed by atoms with van der Waals surface area (Å²) in [5.74, 6) is 0.668. The molecule has 3 heterocycles. The van der Waals surface area contributed by atoms with Crippen molar-refractivity contribution in [1.29, 1.82) is 0 Å². The highest BCUT2D eigenvalue weighted by Gasteiger charge is 2.43. The van der Waals surface area contributed by atoms with Crippen LogP contribution in [0, 0.1) is 6.92 Å². The Morgan fingerprint density at radius 2 is 2.13 bits per heavy atom. The minimum atomic E-state index is -2.76. The lowest BCUT2D eigenvalue weighted by molar-refractivity contribution is -0.118. The predicted molar refractivity (Wildman–Crippen MR) is 104 cm³/mol. The zero-order chi connectivity index (χ0) is 21.6. The number of imidazole rings is 1. The molecule has 2 aromatic rings. The van der Waals surface area contributed by atoms with Gasteiger partial charge in [0.2, 0.25) is 5.91 Å². The molecule has 1 fully saturated rings. The van der Waals surface area contributed by atoms with E-state index in [4.69, 9.17) is 15.2 Å². The van der Waals surface area contributed by atoms with Crippen LogP contribution in [0.1, 0.15) is 12.6 Å². The molecule has 3 N–H and O–H groups in total. The second-order valence-corrected chi connectivity index (χ2v) is 7.17. The molecule has 4 rings (SSSR count). The van der Waals surface area contributed by atoms with E-state index in [0.717, 1.165) is 4.90 Å². The highest BCUT2D eigenvalue weighted by atomic mass is 19.3. The number of hydrogen-bond acceptors (Lipinski definition) is 6. The van der Waals surface area contributed by atoms with E-state index in [9.17, 15) is 18.4 Å². The summed E-state index contributed by atoms with van der Waals surface area (Å²) in [6.07, 6.45) is -3.60. The molecule has 0 bridgehead atoms. The number of aromatic nitrogens is 2. The summed E-state index contributed by atoms with van der Waals surface area (Å²) in [4.78, 5) is 28.9. The molecule has 0 unspecified atom stereocenters. The zero-order valence-corrected chi connectivity index (χ0v) is 16.4. The van der Waals surface area contributed by atoms with Crippen molar-refractivity contribution in [2.75, 3.05) is 23.4 Å². The first-order valence-corrected chi connectivity index (χ1v) is 9.42. The lowest BCUT2D eigenvalue weighted by Gasteiger charge is -2.19. The number of nitrogens with two attached hydrogens (primary N) is 1. The van der Waals surface area contributed by atoms with Crippen LogP contribution in [0.25, 0.3) is 11.4 Å². The third-order valence-electron chi connectivity index (χ3n) is 5.23. The number of ether oxygens (including phenoxy) is 2. The maximum atomic E-state index is 13.4. The fourth-order valence-corrected chi connectivity index (χ4v) is 3.58. The number of alkyl halides is 2. The van der Waals surface area contributed by atoms with Gasteiger partial charge in [-0.1, -0.05) is 0 Å². The molecule has 2 aliphatic heterocycles. The Hall–Kier alpha value is -3.37. The first-order valence-electron chi connectivity index (χ1n) is 9.42. The van der Waals surface area contributed by atoms with Gasteiger partial charge in [-0.3, -0.25) is 4.79 Å². The number of benzene rings is 1. The number of nitrogens with zero attached hydrogens (tertiary/aromatic N) is 3. The van der Waals surface area contributed by atoms with Gasteiger partial charge in [-0.25, -0.2) is 23.5 Å². The summed E-state index contributed by atoms with van der Waals surface area (Å²) in [7, 11) is 0. The molecule has 0 saturated carbocycles. The molecule has 1 aromatic heterocycles. The summed E-state index contributed by atoms with van der Waals surface area (Å²) in [6, 6.07) is 3.27. The second kappa shape index (κ2) is 7.47. The van der Waals surface area contributed by atoms with Gasteiger partial charge >= 0.3 is 6.09 Å². The number of hydrogen-bond donors (Lipinski definition) is 2. The van der Waals surface area contributed by atoms with Crippen LogP contribution in [0.2, 0.25) is 0 Å². The number of carbonyl (C=O) groups excluding carboxylic acids is 2. The highest BCUT2D eigenvalue weighted by molar-refractivity contribution is 5.90. The maximum absolute atomic E-state index is 13.4. The normalized spacial score (nSPS) is 18.9. The molecule has 2 aliphatic rings. The zero-order valence-electron chi connectivity index (χ0n) is 16.4. The van der Waals surface area contributed by atoms with Crippen molar-refractivity contribution < 1.29 is 27.8 Å². The van der Waals surface area contributed by atoms with Gasteiger partial charge in [-0.2, -0.15) is 0 Å². The van der Waals surface area contributed by atoms with Gasteiger partial charge < -0.3 is 25.1 Å². The van der Waals surface area contributed by atoms with Crippen molar-refractivity contribution in [3.63, 3.8) is 0 Å². The Bertz CT molecular complexity index is 1010. The first kappa shape index (κ1) is 19.9. The van der Waals surface area contributed by atoms with Crippen LogP contribution < -0.4 is 20.7 Å². The maximum Gasteiger partial charge on any atom is 0.416 e. The molecule has 0 spiro atoms. The number of rotatable bonds is 5. The molecule has 30 heavy (non-hydrogen) atoms. The minimum Gasteiger partial charge on any atom is -0.491 e. The van der Waals surface area contributed by atoms with Gasteiger partial charge in [-0.05, 0) is 26.0 Å². The third-order valence-corrected chi connectivity index (χ3v) is 5.23. The third kappa shape index (κ3) is 3.29. The predicted octanol–water partition coefficient (Wildman–Crippen LogP) is 2.13. The van der Waals surface area contributed by atoms with Crippen LogP contribution in [-0.2, 0) is 16.1 Å². The van der Waals surface area contributed by atoms with E-state index in [1.165, 1.54) is 0 Å². The summed E-state index contributed by atoms with van der Waals surface area (Å²) in [5.41, 5.74) is 7.13. The van der Waals surface area contributed by atoms with E-state index in [-0.39, 0.29) is 12.4 Å². The van der Waals surface area contributed by atoms with Crippen molar-refractivity contribution in [3.05, 3.63) is 23.9 Å². The van der Waals surface area contributed by atoms with E-state index in [1.54, 1.807) is 32.0 Å². The fourth-order valence-electron chi connectivity index (χ4n) is 3.58. The number of amides is 2. The molecule has 0 radical (unpaired) electrons. The molecular formula is C19H21F2N5O4. The molecule has 2 amide bonds. The molecular weight excluding hydrogens is 400 g/mol. The van der Waals surface area contributed by atoms with E-state index >= 15 is 0 Å². The molecule has 0 aliphatic carbocycles. The average Bonchev–Trinajstić information content (AvgIpc) is 3.16. The van der Waals surface area contributed by atoms with Crippen molar-refractivity contribution in [2.45, 2.75) is 38.9 Å². The van der Waals surface area contributed by atoms with Crippen LogP contribution in [0.5, 0.6) is 5.75 Å². The largest absolute Gasteiger partial charge is 0.491 e. The van der Waals surface area contributed by atoms with Gasteiger partial charge in [0.25, 0.3) is 6.43 Å². The summed E-state index contributed by atoms with van der Waals surface area (Å²) in [6.45, 7) is 3.71. The van der Waals surface area contributed by atoms with Gasteiger partial charge in [0, 0.05) is 11.8 Å². The molecule has 1 saturated heterocycles. The Labute approximate surface area is 170 Å². The van der Waals surface area contributed by atoms with E-state index in [0.29, 0.717) is 41.7 Å². The Morgan fingerprint density at radius 3 is 2.83 bits per heavy atom. The smallest absolute Gasteiger partial charge is 0.416 e. The van der Waals surface area contributed by atoms with Crippen LogP contribution in [0.4, 0.5) is 25.1 Å². The van der Waals surface area contributed by atoms with Crippen molar-refractivity contribution in [2.24, 2.45) is 5.73 Å². The van der Waals surface area contributed by atoms with Crippen molar-refractivity contribution in [3.8, 4) is 17.1 Å². The minimum absolute atomic E-state index is 0.148. The lowest BCUT2D eigenvalue weighted by atomic mass is 10.1. The highest BCUT2D eigenvalue weighted by Crippen LogP contribution is 2.38. The Morgan fingerprint density at radius 1 is 1.37 bits per heavy atom. The Kier molecular flexibility index (Phi) is 4.96. The van der Waals surface area contributed by atoms with Crippen molar-refractivity contribution >= 4 is 23.5 Å². The first-order chi connectivity index (χ1) is 14.3. The molecule has 2 atom stereocenters. The number of cyclic esters (lactones) is 1. The van der Waals surface area contributed by atoms with E-state index in [1.807, 2.05) is 4.57 Å². The van der Waals surface area contributed by atoms with Crippen molar-refractivity contribution in [1.82, 2.24) is 9.55 Å². The van der Waals surface area contributed by atoms with E-state index < -0.39 is 30.5 Å². The number of anilines is 2. The van der Waals surface area contributed by atoms with E-state index in [2.05, 4.69) is 10.3 Å². The van der Waals surface area contributed by atoms with Crippen LogP contribution in [-0.4, -0.2) is 53.3 Å². The SMILES string of the molecule is Cc1c(N2C(=O)OC[C@H]2C(F)F)nc2n1CCOc1cc(N[C@@H](C)C(N)=O)ccc1-2. The lowest BCUT2D eigenvalue weighted by Crippen LogP contribution is -2.39. The number of carbonyl (C=O) groups is 2. The average molecular weight is 421 g/mol. The van der Waals surface area contributed by atoms with Crippen LogP contribution >= 0.6 is 0 Å². The summed E-state index contributed by atoms with van der Waals surface area (Å²) >= 11 is 0. The van der Waals surface area contributed by atoms with Gasteiger partial charge in [-0.15, -0.1) is 0 Å². The standard InChI is InChI=1S/C19H21F2N5O4/c1-9(16(22)27)23-11-3-4-12-14(7-11)29-6-5-25-10(2)17(24-18(12)25)26-13(15(20)21)8-30-19(26)28/h3-4,7,9,13,15,23H,5-6,8H2,1-2H3,(H2,22,27)/t9-,13-/m0/s1. The number of fused-ring (bicyclic) bond motifs is 3. The van der Waals surface area contributed by atoms with Gasteiger partial charge in [0.05, 0.1) is 17.8 Å². The van der Waals surface area contributed by atoms with Gasteiger partial charge in [0.15, 0.2) is 5.82 Å². The molecule has 9 nitrogen and oxygen atoms in total. The molecule has 1 aromatic carbocycles. The van der Waals surface area contributed by atoms with Gasteiger partial charge in [0.1, 0.15) is 36.9 Å². The fraction of sp³-hybridized carbons (Fsp3) is 0.421.